The fraction of sp³-hybridized carbons (Fsp3) is 0. The molecule has 2 heterocycles. The van der Waals surface area contributed by atoms with Gasteiger partial charge in [0.1, 0.15) is 5.76 Å². The van der Waals surface area contributed by atoms with Gasteiger partial charge in [-0.15, -0.1) is 0 Å². The van der Waals surface area contributed by atoms with Crippen molar-refractivity contribution < 1.29 is 43.9 Å². The van der Waals surface area contributed by atoms with Crippen LogP contribution in [0.25, 0.3) is 22.4 Å². The number of benzene rings is 1. The zero-order chi connectivity index (χ0) is 11.8. The number of H-pyrrole nitrogens is 1. The minimum Gasteiger partial charge on any atom is -0.543 e. The van der Waals surface area contributed by atoms with Gasteiger partial charge in [-0.2, -0.15) is 0 Å². The Hall–Kier alpha value is -1.49. The SMILES string of the molecule is O=C([O-])c1cc2oc(-c3ccccc3)cc2[nH]1.[Na+]. The topological polar surface area (TPSA) is 69.1 Å². The van der Waals surface area contributed by atoms with Crippen molar-refractivity contribution in [3.63, 3.8) is 0 Å². The Morgan fingerprint density at radius 1 is 1.17 bits per heavy atom. The smallest absolute Gasteiger partial charge is 0.543 e. The molecule has 84 valence electrons. The monoisotopic (exact) mass is 249 g/mol. The largest absolute Gasteiger partial charge is 1.00 e. The van der Waals surface area contributed by atoms with Gasteiger partial charge in [0.15, 0.2) is 5.58 Å². The Morgan fingerprint density at radius 2 is 1.89 bits per heavy atom. The van der Waals surface area contributed by atoms with E-state index < -0.39 is 5.97 Å². The van der Waals surface area contributed by atoms with E-state index >= 15 is 0 Å². The molecule has 0 radical (unpaired) electrons. The van der Waals surface area contributed by atoms with Gasteiger partial charge >= 0.3 is 29.6 Å². The number of hydrogen-bond donors (Lipinski definition) is 1. The van der Waals surface area contributed by atoms with Gasteiger partial charge in [-0.25, -0.2) is 0 Å². The number of hydrogen-bond acceptors (Lipinski definition) is 3. The fourth-order valence-corrected chi connectivity index (χ4v) is 1.78. The number of furan rings is 1. The Kier molecular flexibility index (Phi) is 3.61. The number of carbonyl (C=O) groups is 1. The summed E-state index contributed by atoms with van der Waals surface area (Å²) < 4.78 is 5.56. The van der Waals surface area contributed by atoms with Crippen LogP contribution in [0.1, 0.15) is 10.5 Å². The molecule has 3 rings (SSSR count). The van der Waals surface area contributed by atoms with Crippen LogP contribution in [0.5, 0.6) is 0 Å². The van der Waals surface area contributed by atoms with Crippen LogP contribution in [0.3, 0.4) is 0 Å². The van der Waals surface area contributed by atoms with Crippen LogP contribution in [0, 0.1) is 0 Å². The molecule has 0 saturated heterocycles. The van der Waals surface area contributed by atoms with Crippen molar-refractivity contribution in [2.45, 2.75) is 0 Å². The number of aromatic amines is 1. The Morgan fingerprint density at radius 3 is 2.50 bits per heavy atom. The third kappa shape index (κ3) is 2.22. The predicted molar refractivity (Wildman–Crippen MR) is 60.3 cm³/mol. The summed E-state index contributed by atoms with van der Waals surface area (Å²) in [4.78, 5) is 13.4. The zero-order valence-corrected chi connectivity index (χ0v) is 11.8. The van der Waals surface area contributed by atoms with E-state index in [0.29, 0.717) is 16.9 Å². The van der Waals surface area contributed by atoms with Crippen LogP contribution in [-0.2, 0) is 0 Å². The minimum absolute atomic E-state index is 0. The van der Waals surface area contributed by atoms with Gasteiger partial charge in [0.05, 0.1) is 17.2 Å². The summed E-state index contributed by atoms with van der Waals surface area (Å²) in [6.07, 6.45) is 0. The number of rotatable bonds is 2. The van der Waals surface area contributed by atoms with Gasteiger partial charge in [0.25, 0.3) is 0 Å². The van der Waals surface area contributed by atoms with Crippen LogP contribution in [0.15, 0.2) is 46.9 Å². The molecular weight excluding hydrogens is 241 g/mol. The van der Waals surface area contributed by atoms with Crippen LogP contribution >= 0.6 is 0 Å². The van der Waals surface area contributed by atoms with Gasteiger partial charge in [-0.1, -0.05) is 30.3 Å². The molecule has 0 aliphatic heterocycles. The molecule has 0 aliphatic rings. The van der Waals surface area contributed by atoms with Crippen molar-refractivity contribution in [2.24, 2.45) is 0 Å². The summed E-state index contributed by atoms with van der Waals surface area (Å²) in [7, 11) is 0. The molecule has 0 spiro atoms. The van der Waals surface area contributed by atoms with Gasteiger partial charge < -0.3 is 19.3 Å². The van der Waals surface area contributed by atoms with E-state index in [1.807, 2.05) is 30.3 Å². The number of nitrogens with one attached hydrogen (secondary N) is 1. The first-order valence-corrected chi connectivity index (χ1v) is 5.13. The van der Waals surface area contributed by atoms with Crippen LogP contribution < -0.4 is 34.7 Å². The third-order valence-corrected chi connectivity index (χ3v) is 2.58. The van der Waals surface area contributed by atoms with Crippen LogP contribution in [0.4, 0.5) is 0 Å². The molecule has 1 N–H and O–H groups in total. The van der Waals surface area contributed by atoms with Crippen molar-refractivity contribution in [3.8, 4) is 11.3 Å². The fourth-order valence-electron chi connectivity index (χ4n) is 1.78. The molecule has 2 aromatic heterocycles. The Balaban J connectivity index is 0.00000120. The zero-order valence-electron chi connectivity index (χ0n) is 9.77. The second-order valence-corrected chi connectivity index (χ2v) is 3.73. The summed E-state index contributed by atoms with van der Waals surface area (Å²) in [5.41, 5.74) is 2.15. The van der Waals surface area contributed by atoms with E-state index in [1.54, 1.807) is 6.07 Å². The van der Waals surface area contributed by atoms with Crippen molar-refractivity contribution in [1.82, 2.24) is 4.98 Å². The second kappa shape index (κ2) is 5.02. The minimum atomic E-state index is -1.24. The number of carboxylic acid groups (broad SMARTS) is 1. The number of aromatic carboxylic acids is 1. The molecule has 0 atom stereocenters. The number of carbonyl (C=O) groups excluding carboxylic acids is 1. The molecule has 1 aromatic carbocycles. The molecule has 0 aliphatic carbocycles. The van der Waals surface area contributed by atoms with E-state index in [-0.39, 0.29) is 35.3 Å². The van der Waals surface area contributed by atoms with Crippen molar-refractivity contribution in [3.05, 3.63) is 48.2 Å². The first-order valence-electron chi connectivity index (χ1n) is 5.13. The maximum absolute atomic E-state index is 10.6. The van der Waals surface area contributed by atoms with Crippen molar-refractivity contribution in [2.75, 3.05) is 0 Å². The molecule has 3 aromatic rings. The molecule has 18 heavy (non-hydrogen) atoms. The summed E-state index contributed by atoms with van der Waals surface area (Å²) in [5.74, 6) is -0.533. The van der Waals surface area contributed by atoms with Gasteiger partial charge in [0, 0.05) is 17.7 Å². The number of carboxylic acids is 1. The number of aromatic nitrogens is 1. The summed E-state index contributed by atoms with van der Waals surface area (Å²) in [6, 6.07) is 12.8. The first-order chi connectivity index (χ1) is 8.24. The molecule has 0 saturated carbocycles. The quantitative estimate of drug-likeness (QED) is 0.580. The molecule has 0 unspecified atom stereocenters. The number of fused-ring (bicyclic) bond motifs is 1. The molecule has 0 amide bonds. The van der Waals surface area contributed by atoms with Gasteiger partial charge in [-0.05, 0) is 0 Å². The molecule has 0 bridgehead atoms. The first kappa shape index (κ1) is 13.0. The van der Waals surface area contributed by atoms with Crippen molar-refractivity contribution >= 4 is 17.1 Å². The standard InChI is InChI=1S/C13H9NO3.Na/c15-13(16)10-7-12-9(14-10)6-11(17-12)8-4-2-1-3-5-8;/h1-7,14H,(H,15,16);/q;+1/p-1. The molecule has 0 fully saturated rings. The maximum atomic E-state index is 10.6. The van der Waals surface area contributed by atoms with E-state index in [9.17, 15) is 9.90 Å². The van der Waals surface area contributed by atoms with E-state index in [4.69, 9.17) is 4.42 Å². The summed E-state index contributed by atoms with van der Waals surface area (Å²) >= 11 is 0. The second-order valence-electron chi connectivity index (χ2n) is 3.73. The van der Waals surface area contributed by atoms with E-state index in [1.165, 1.54) is 6.07 Å². The van der Waals surface area contributed by atoms with E-state index in [2.05, 4.69) is 4.98 Å². The molecule has 5 heteroatoms. The Bertz CT molecular complexity index is 653. The Labute approximate surface area is 125 Å². The molecule has 4 nitrogen and oxygen atoms in total. The summed E-state index contributed by atoms with van der Waals surface area (Å²) in [6.45, 7) is 0. The maximum Gasteiger partial charge on any atom is 1.00 e. The van der Waals surface area contributed by atoms with Gasteiger partial charge in [0.2, 0.25) is 0 Å². The normalized spacial score (nSPS) is 10.2. The average molecular weight is 249 g/mol. The molecular formula is C13H8NNaO3. The summed E-state index contributed by atoms with van der Waals surface area (Å²) in [5, 5.41) is 10.6. The van der Waals surface area contributed by atoms with Crippen LogP contribution in [-0.4, -0.2) is 11.0 Å². The average Bonchev–Trinajstić information content (AvgIpc) is 2.87. The predicted octanol–water partition coefficient (Wildman–Crippen LogP) is -1.20. The van der Waals surface area contributed by atoms with Gasteiger partial charge in [-0.3, -0.25) is 0 Å². The van der Waals surface area contributed by atoms with Crippen molar-refractivity contribution in [1.29, 1.82) is 0 Å². The third-order valence-electron chi connectivity index (χ3n) is 2.58. The van der Waals surface area contributed by atoms with E-state index in [0.717, 1.165) is 5.56 Å². The van der Waals surface area contributed by atoms with Crippen LogP contribution in [0.2, 0.25) is 0 Å².